The van der Waals surface area contributed by atoms with E-state index in [9.17, 15) is 19.2 Å². The summed E-state index contributed by atoms with van der Waals surface area (Å²) in [6.07, 6.45) is -4.16. The van der Waals surface area contributed by atoms with Gasteiger partial charge in [-0.3, -0.25) is 19.2 Å². The summed E-state index contributed by atoms with van der Waals surface area (Å²) in [5.41, 5.74) is 0. The molecule has 11 heteroatoms. The van der Waals surface area contributed by atoms with Gasteiger partial charge in [0.1, 0.15) is 18.8 Å². The smallest absolute Gasteiger partial charge is 0.303 e. The second kappa shape index (κ2) is 11.4. The first kappa shape index (κ1) is 26.1. The standard InChI is InChI=1S/C19H33NO9Si/c1-11(21)20-16-18(28-14(4)24)17(27-13(3)23)15(10-26-12(2)22)29-19(16)25-8-9-30(5,6)7/h15-19H,8-10H2,1-7H3,(H,20,21)/t15-,16-,17-,18-,19-/m1/s1. The summed E-state index contributed by atoms with van der Waals surface area (Å²) in [5, 5.41) is 2.67. The number of carbonyl (C=O) groups is 4. The largest absolute Gasteiger partial charge is 0.463 e. The molecule has 0 aliphatic carbocycles. The fourth-order valence-electron chi connectivity index (χ4n) is 2.91. The van der Waals surface area contributed by atoms with E-state index in [0.717, 1.165) is 6.04 Å². The van der Waals surface area contributed by atoms with Crippen molar-refractivity contribution in [3.63, 3.8) is 0 Å². The fraction of sp³-hybridized carbons (Fsp3) is 0.789. The van der Waals surface area contributed by atoms with Crippen molar-refractivity contribution in [3.8, 4) is 0 Å². The molecule has 0 aromatic rings. The van der Waals surface area contributed by atoms with Gasteiger partial charge >= 0.3 is 17.9 Å². The third kappa shape index (κ3) is 9.22. The molecule has 1 heterocycles. The van der Waals surface area contributed by atoms with Crippen molar-refractivity contribution in [3.05, 3.63) is 0 Å². The van der Waals surface area contributed by atoms with Crippen molar-refractivity contribution in [1.82, 2.24) is 5.32 Å². The molecule has 1 N–H and O–H groups in total. The maximum Gasteiger partial charge on any atom is 0.303 e. The summed E-state index contributed by atoms with van der Waals surface area (Å²) in [6, 6.07) is -0.0918. The Morgan fingerprint density at radius 3 is 1.93 bits per heavy atom. The maximum absolute atomic E-state index is 11.8. The van der Waals surface area contributed by atoms with E-state index in [-0.39, 0.29) is 6.61 Å². The third-order valence-electron chi connectivity index (χ3n) is 4.21. The van der Waals surface area contributed by atoms with Crippen LogP contribution in [0.1, 0.15) is 27.7 Å². The molecule has 1 rings (SSSR count). The number of hydrogen-bond donors (Lipinski definition) is 1. The summed E-state index contributed by atoms with van der Waals surface area (Å²) in [4.78, 5) is 46.6. The zero-order valence-electron chi connectivity index (χ0n) is 18.7. The predicted molar refractivity (Wildman–Crippen MR) is 108 cm³/mol. The zero-order chi connectivity index (χ0) is 23.1. The molecule has 0 unspecified atom stereocenters. The normalized spacial score (nSPS) is 26.4. The Morgan fingerprint density at radius 1 is 0.900 bits per heavy atom. The molecule has 1 fully saturated rings. The van der Waals surface area contributed by atoms with E-state index in [1.807, 2.05) is 0 Å². The molecular weight excluding hydrogens is 414 g/mol. The van der Waals surface area contributed by atoms with E-state index in [1.165, 1.54) is 27.7 Å². The van der Waals surface area contributed by atoms with Gasteiger partial charge in [0.15, 0.2) is 18.5 Å². The van der Waals surface area contributed by atoms with Crippen molar-refractivity contribution < 1.29 is 42.9 Å². The van der Waals surface area contributed by atoms with E-state index >= 15 is 0 Å². The van der Waals surface area contributed by atoms with Crippen LogP contribution >= 0.6 is 0 Å². The van der Waals surface area contributed by atoms with Crippen molar-refractivity contribution in [2.45, 2.75) is 84.0 Å². The first-order valence-corrected chi connectivity index (χ1v) is 13.5. The second-order valence-corrected chi connectivity index (χ2v) is 14.0. The Morgan fingerprint density at radius 2 is 1.47 bits per heavy atom. The van der Waals surface area contributed by atoms with Crippen LogP contribution in [0.5, 0.6) is 0 Å². The zero-order valence-corrected chi connectivity index (χ0v) is 19.7. The minimum atomic E-state index is -1.41. The van der Waals surface area contributed by atoms with Crippen LogP contribution in [0.4, 0.5) is 0 Å². The van der Waals surface area contributed by atoms with E-state index < -0.39 is 62.5 Å². The van der Waals surface area contributed by atoms with Crippen LogP contribution in [0.3, 0.4) is 0 Å². The number of carbonyl (C=O) groups excluding carboxylic acids is 4. The molecule has 0 spiro atoms. The molecule has 10 nitrogen and oxygen atoms in total. The Balaban J connectivity index is 3.22. The minimum absolute atomic E-state index is 0.244. The van der Waals surface area contributed by atoms with Gasteiger partial charge < -0.3 is 29.0 Å². The van der Waals surface area contributed by atoms with E-state index in [0.29, 0.717) is 6.61 Å². The van der Waals surface area contributed by atoms with Gasteiger partial charge in [0.2, 0.25) is 5.91 Å². The quantitative estimate of drug-likeness (QED) is 0.313. The van der Waals surface area contributed by atoms with Gasteiger partial charge in [0.25, 0.3) is 0 Å². The maximum atomic E-state index is 11.8. The van der Waals surface area contributed by atoms with Crippen molar-refractivity contribution in [2.75, 3.05) is 13.2 Å². The van der Waals surface area contributed by atoms with E-state index in [2.05, 4.69) is 25.0 Å². The van der Waals surface area contributed by atoms with Crippen LogP contribution < -0.4 is 5.32 Å². The Kier molecular flexibility index (Phi) is 9.92. The van der Waals surface area contributed by atoms with Crippen molar-refractivity contribution >= 4 is 31.9 Å². The number of ether oxygens (including phenoxy) is 5. The van der Waals surface area contributed by atoms with Gasteiger partial charge in [-0.25, -0.2) is 0 Å². The molecule has 0 aromatic heterocycles. The lowest BCUT2D eigenvalue weighted by Crippen LogP contribution is -2.66. The second-order valence-electron chi connectivity index (χ2n) is 8.40. The van der Waals surface area contributed by atoms with Gasteiger partial charge in [-0.05, 0) is 6.04 Å². The first-order valence-electron chi connectivity index (χ1n) is 9.82. The highest BCUT2D eigenvalue weighted by molar-refractivity contribution is 6.76. The summed E-state index contributed by atoms with van der Waals surface area (Å²) >= 11 is 0. The number of rotatable bonds is 9. The number of nitrogens with one attached hydrogen (secondary N) is 1. The first-order chi connectivity index (χ1) is 13.8. The predicted octanol–water partition coefficient (Wildman–Crippen LogP) is 0.997. The van der Waals surface area contributed by atoms with Crippen LogP contribution in [0, 0.1) is 0 Å². The molecule has 1 saturated heterocycles. The highest BCUT2D eigenvalue weighted by atomic mass is 28.3. The van der Waals surface area contributed by atoms with Crippen molar-refractivity contribution in [2.24, 2.45) is 0 Å². The summed E-state index contributed by atoms with van der Waals surface area (Å²) in [5.74, 6) is -2.24. The Bertz CT molecular complexity index is 634. The number of esters is 3. The van der Waals surface area contributed by atoms with Gasteiger partial charge in [0, 0.05) is 42.4 Å². The third-order valence-corrected chi connectivity index (χ3v) is 5.91. The molecule has 1 amide bonds. The summed E-state index contributed by atoms with van der Waals surface area (Å²) < 4.78 is 27.6. The summed E-state index contributed by atoms with van der Waals surface area (Å²) in [6.45, 7) is 11.6. The lowest BCUT2D eigenvalue weighted by atomic mass is 9.96. The van der Waals surface area contributed by atoms with Gasteiger partial charge in [-0.15, -0.1) is 0 Å². The van der Waals surface area contributed by atoms with Crippen LogP contribution in [0.15, 0.2) is 0 Å². The summed E-state index contributed by atoms with van der Waals surface area (Å²) in [7, 11) is -1.41. The Labute approximate surface area is 177 Å². The molecule has 0 aromatic carbocycles. The minimum Gasteiger partial charge on any atom is -0.463 e. The van der Waals surface area contributed by atoms with Crippen LogP contribution in [-0.4, -0.2) is 75.7 Å². The molecule has 0 radical (unpaired) electrons. The lowest BCUT2D eigenvalue weighted by Gasteiger charge is -2.45. The average Bonchev–Trinajstić information content (AvgIpc) is 2.55. The van der Waals surface area contributed by atoms with E-state index in [1.54, 1.807) is 0 Å². The van der Waals surface area contributed by atoms with E-state index in [4.69, 9.17) is 23.7 Å². The van der Waals surface area contributed by atoms with Gasteiger partial charge in [-0.2, -0.15) is 0 Å². The molecular formula is C19H33NO9Si. The van der Waals surface area contributed by atoms with Crippen LogP contribution in [0.25, 0.3) is 0 Å². The molecule has 0 bridgehead atoms. The number of amides is 1. The van der Waals surface area contributed by atoms with Gasteiger partial charge in [-0.1, -0.05) is 19.6 Å². The van der Waals surface area contributed by atoms with Crippen LogP contribution in [-0.2, 0) is 42.9 Å². The highest BCUT2D eigenvalue weighted by Crippen LogP contribution is 2.28. The molecule has 0 saturated carbocycles. The van der Waals surface area contributed by atoms with Crippen LogP contribution in [0.2, 0.25) is 25.7 Å². The molecule has 1 aliphatic rings. The number of hydrogen-bond acceptors (Lipinski definition) is 9. The molecule has 1 aliphatic heterocycles. The SMILES string of the molecule is CC(=O)N[C@H]1[C@H](OCC[Si](C)(C)C)O[C@H](COC(C)=O)[C@@H](OC(C)=O)[C@@H]1OC(C)=O. The van der Waals surface area contributed by atoms with Gasteiger partial charge in [0.05, 0.1) is 0 Å². The average molecular weight is 448 g/mol. The molecule has 5 atom stereocenters. The highest BCUT2D eigenvalue weighted by Gasteiger charge is 2.51. The van der Waals surface area contributed by atoms with Crippen molar-refractivity contribution in [1.29, 1.82) is 0 Å². The Hall–Kier alpha value is -1.98. The lowest BCUT2D eigenvalue weighted by molar-refractivity contribution is -0.276. The molecule has 172 valence electrons. The molecule has 30 heavy (non-hydrogen) atoms. The fourth-order valence-corrected chi connectivity index (χ4v) is 3.64. The topological polar surface area (TPSA) is 126 Å². The monoisotopic (exact) mass is 447 g/mol.